The summed E-state index contributed by atoms with van der Waals surface area (Å²) in [7, 11) is 0. The van der Waals surface area contributed by atoms with Gasteiger partial charge in [-0.1, -0.05) is 12.1 Å². The molecule has 0 saturated carbocycles. The SMILES string of the molecule is Cc1cccc(C(=O)OCC(=O)Nc2ccc(C(F)(F)F)cc2)c1[N+](=O)[O-]. The molecule has 2 aromatic carbocycles. The molecular formula is C17H13F3N2O5. The molecule has 0 spiro atoms. The number of para-hydroxylation sites is 1. The predicted octanol–water partition coefficient (Wildman–Crippen LogP) is 3.72. The summed E-state index contributed by atoms with van der Waals surface area (Å²) in [6.45, 7) is 0.692. The Bertz CT molecular complexity index is 879. The summed E-state index contributed by atoms with van der Waals surface area (Å²) >= 11 is 0. The minimum Gasteiger partial charge on any atom is -0.452 e. The highest BCUT2D eigenvalue weighted by molar-refractivity contribution is 5.97. The van der Waals surface area contributed by atoms with Gasteiger partial charge in [-0.3, -0.25) is 14.9 Å². The summed E-state index contributed by atoms with van der Waals surface area (Å²) < 4.78 is 42.2. The van der Waals surface area contributed by atoms with Crippen LogP contribution in [0.2, 0.25) is 0 Å². The Kier molecular flexibility index (Phi) is 5.78. The van der Waals surface area contributed by atoms with E-state index in [0.29, 0.717) is 0 Å². The van der Waals surface area contributed by atoms with Crippen LogP contribution in [0.5, 0.6) is 0 Å². The van der Waals surface area contributed by atoms with Gasteiger partial charge >= 0.3 is 12.1 Å². The number of rotatable bonds is 5. The standard InChI is InChI=1S/C17H13F3N2O5/c1-10-3-2-4-13(15(10)22(25)26)16(24)27-9-14(23)21-12-7-5-11(6-8-12)17(18,19)20/h2-8H,9H2,1H3,(H,21,23). The molecule has 0 aliphatic rings. The summed E-state index contributed by atoms with van der Waals surface area (Å²) in [5.41, 5.74) is -1.28. The van der Waals surface area contributed by atoms with Gasteiger partial charge < -0.3 is 10.1 Å². The van der Waals surface area contributed by atoms with Crippen molar-refractivity contribution in [2.45, 2.75) is 13.1 Å². The van der Waals surface area contributed by atoms with E-state index in [1.54, 1.807) is 0 Å². The van der Waals surface area contributed by atoms with E-state index in [-0.39, 0.29) is 16.8 Å². The smallest absolute Gasteiger partial charge is 0.416 e. The number of amides is 1. The summed E-state index contributed by atoms with van der Waals surface area (Å²) in [6, 6.07) is 7.76. The van der Waals surface area contributed by atoms with Crippen LogP contribution < -0.4 is 5.32 Å². The molecule has 7 nitrogen and oxygen atoms in total. The molecule has 0 bridgehead atoms. The second kappa shape index (κ2) is 7.85. The van der Waals surface area contributed by atoms with Crippen LogP contribution in [0.1, 0.15) is 21.5 Å². The molecule has 1 N–H and O–H groups in total. The Labute approximate surface area is 150 Å². The van der Waals surface area contributed by atoms with Crippen molar-refractivity contribution in [1.29, 1.82) is 0 Å². The molecule has 0 aliphatic heterocycles. The van der Waals surface area contributed by atoms with Gasteiger partial charge in [-0.05, 0) is 37.3 Å². The number of ether oxygens (including phenoxy) is 1. The number of nitro groups is 1. The third-order valence-corrected chi connectivity index (χ3v) is 3.47. The number of benzene rings is 2. The number of nitrogens with one attached hydrogen (secondary N) is 1. The highest BCUT2D eigenvalue weighted by Crippen LogP contribution is 2.29. The first-order valence-electron chi connectivity index (χ1n) is 7.48. The highest BCUT2D eigenvalue weighted by atomic mass is 19.4. The van der Waals surface area contributed by atoms with Crippen LogP contribution in [0.4, 0.5) is 24.5 Å². The number of carbonyl (C=O) groups is 2. The first-order valence-corrected chi connectivity index (χ1v) is 7.48. The molecule has 0 unspecified atom stereocenters. The van der Waals surface area contributed by atoms with Gasteiger partial charge in [0.1, 0.15) is 5.56 Å². The third-order valence-electron chi connectivity index (χ3n) is 3.47. The predicted molar refractivity (Wildman–Crippen MR) is 88.2 cm³/mol. The van der Waals surface area contributed by atoms with Crippen molar-refractivity contribution in [2.24, 2.45) is 0 Å². The second-order valence-electron chi connectivity index (χ2n) is 5.43. The van der Waals surface area contributed by atoms with Gasteiger partial charge in [0, 0.05) is 11.3 Å². The molecule has 2 aromatic rings. The topological polar surface area (TPSA) is 98.5 Å². The number of nitrogens with zero attached hydrogens (tertiary/aromatic N) is 1. The van der Waals surface area contributed by atoms with Crippen molar-refractivity contribution in [2.75, 3.05) is 11.9 Å². The number of hydrogen-bond donors (Lipinski definition) is 1. The monoisotopic (exact) mass is 382 g/mol. The number of halogens is 3. The number of carbonyl (C=O) groups excluding carboxylic acids is 2. The van der Waals surface area contributed by atoms with Crippen LogP contribution in [0.25, 0.3) is 0 Å². The lowest BCUT2D eigenvalue weighted by atomic mass is 10.1. The fraction of sp³-hybridized carbons (Fsp3) is 0.176. The Morgan fingerprint density at radius 2 is 1.78 bits per heavy atom. The van der Waals surface area contributed by atoms with E-state index >= 15 is 0 Å². The van der Waals surface area contributed by atoms with Crippen LogP contribution in [0.15, 0.2) is 42.5 Å². The Hall–Kier alpha value is -3.43. The number of esters is 1. The number of alkyl halides is 3. The highest BCUT2D eigenvalue weighted by Gasteiger charge is 2.30. The zero-order valence-corrected chi connectivity index (χ0v) is 13.9. The molecule has 0 aliphatic carbocycles. The average molecular weight is 382 g/mol. The van der Waals surface area contributed by atoms with Crippen molar-refractivity contribution in [3.63, 3.8) is 0 Å². The van der Waals surface area contributed by atoms with Crippen LogP contribution >= 0.6 is 0 Å². The minimum atomic E-state index is -4.50. The van der Waals surface area contributed by atoms with Crippen LogP contribution in [-0.4, -0.2) is 23.4 Å². The lowest BCUT2D eigenvalue weighted by molar-refractivity contribution is -0.385. The van der Waals surface area contributed by atoms with Gasteiger partial charge in [0.2, 0.25) is 0 Å². The van der Waals surface area contributed by atoms with E-state index < -0.39 is 40.8 Å². The van der Waals surface area contributed by atoms with Gasteiger partial charge in [0.15, 0.2) is 6.61 Å². The Morgan fingerprint density at radius 1 is 1.15 bits per heavy atom. The van der Waals surface area contributed by atoms with Crippen LogP contribution in [0, 0.1) is 17.0 Å². The van der Waals surface area contributed by atoms with E-state index in [9.17, 15) is 32.9 Å². The summed E-state index contributed by atoms with van der Waals surface area (Å²) in [6.07, 6.45) is -4.50. The van der Waals surface area contributed by atoms with Gasteiger partial charge in [-0.25, -0.2) is 4.79 Å². The first kappa shape index (κ1) is 19.9. The maximum Gasteiger partial charge on any atom is 0.416 e. The zero-order chi connectivity index (χ0) is 20.2. The molecular weight excluding hydrogens is 369 g/mol. The zero-order valence-electron chi connectivity index (χ0n) is 13.9. The van der Waals surface area contributed by atoms with E-state index in [4.69, 9.17) is 4.74 Å². The molecule has 142 valence electrons. The first-order chi connectivity index (χ1) is 12.6. The quantitative estimate of drug-likeness (QED) is 0.483. The molecule has 2 rings (SSSR count). The van der Waals surface area contributed by atoms with Crippen LogP contribution in [0.3, 0.4) is 0 Å². The molecule has 0 saturated heterocycles. The maximum absolute atomic E-state index is 12.5. The number of aryl methyl sites for hydroxylation is 1. The maximum atomic E-state index is 12.5. The Balaban J connectivity index is 1.99. The molecule has 0 fully saturated rings. The molecule has 0 radical (unpaired) electrons. The van der Waals surface area contributed by atoms with E-state index in [1.165, 1.54) is 25.1 Å². The number of anilines is 1. The fourth-order valence-corrected chi connectivity index (χ4v) is 2.21. The molecule has 0 heterocycles. The number of hydrogen-bond acceptors (Lipinski definition) is 5. The molecule has 10 heteroatoms. The largest absolute Gasteiger partial charge is 0.452 e. The number of nitro benzene ring substituents is 1. The lowest BCUT2D eigenvalue weighted by Gasteiger charge is -2.09. The molecule has 0 aromatic heterocycles. The summed E-state index contributed by atoms with van der Waals surface area (Å²) in [4.78, 5) is 34.1. The van der Waals surface area contributed by atoms with E-state index in [0.717, 1.165) is 24.3 Å². The van der Waals surface area contributed by atoms with Gasteiger partial charge in [-0.15, -0.1) is 0 Å². The summed E-state index contributed by atoms with van der Waals surface area (Å²) in [5.74, 6) is -1.87. The van der Waals surface area contributed by atoms with Crippen molar-refractivity contribution >= 4 is 23.3 Å². The normalized spacial score (nSPS) is 11.0. The second-order valence-corrected chi connectivity index (χ2v) is 5.43. The van der Waals surface area contributed by atoms with Crippen molar-refractivity contribution < 1.29 is 32.4 Å². The van der Waals surface area contributed by atoms with Crippen molar-refractivity contribution in [3.8, 4) is 0 Å². The molecule has 1 amide bonds. The van der Waals surface area contributed by atoms with Crippen molar-refractivity contribution in [1.82, 2.24) is 0 Å². The molecule has 27 heavy (non-hydrogen) atoms. The Morgan fingerprint density at radius 3 is 2.33 bits per heavy atom. The van der Waals surface area contributed by atoms with Crippen molar-refractivity contribution in [3.05, 3.63) is 69.3 Å². The molecule has 0 atom stereocenters. The van der Waals surface area contributed by atoms with E-state index in [1.807, 2.05) is 0 Å². The van der Waals surface area contributed by atoms with Gasteiger partial charge in [0.25, 0.3) is 11.6 Å². The van der Waals surface area contributed by atoms with Gasteiger partial charge in [-0.2, -0.15) is 13.2 Å². The average Bonchev–Trinajstić information content (AvgIpc) is 2.58. The minimum absolute atomic E-state index is 0.0746. The van der Waals surface area contributed by atoms with Gasteiger partial charge in [0.05, 0.1) is 10.5 Å². The fourth-order valence-electron chi connectivity index (χ4n) is 2.21. The lowest BCUT2D eigenvalue weighted by Crippen LogP contribution is -2.21. The van der Waals surface area contributed by atoms with E-state index in [2.05, 4.69) is 5.32 Å². The summed E-state index contributed by atoms with van der Waals surface area (Å²) in [5, 5.41) is 13.3. The third kappa shape index (κ3) is 5.03. The van der Waals surface area contributed by atoms with Crippen LogP contribution in [-0.2, 0) is 15.7 Å².